The van der Waals surface area contributed by atoms with Crippen LogP contribution in [-0.4, -0.2) is 5.78 Å². The summed E-state index contributed by atoms with van der Waals surface area (Å²) in [5.74, 6) is -0.379. The lowest BCUT2D eigenvalue weighted by Gasteiger charge is -2.06. The largest absolute Gasteiger partial charge is 0.294 e. The van der Waals surface area contributed by atoms with E-state index in [2.05, 4.69) is 15.9 Å². The second kappa shape index (κ2) is 5.85. The average molecular weight is 342 g/mol. The third kappa shape index (κ3) is 3.43. The summed E-state index contributed by atoms with van der Waals surface area (Å²) in [6, 6.07) is 9.53. The first-order valence-electron chi connectivity index (χ1n) is 5.70. The van der Waals surface area contributed by atoms with Crippen LogP contribution in [0.3, 0.4) is 0 Å². The standard InChI is InChI=1S/C15H11BrClFO/c1-9-2-3-11(6-14(9)17)15(19)7-10-4-5-12(18)8-13(10)16/h2-6,8H,7H2,1H3. The first-order chi connectivity index (χ1) is 8.97. The van der Waals surface area contributed by atoms with Crippen molar-refractivity contribution in [3.8, 4) is 0 Å². The molecule has 2 aromatic carbocycles. The Hall–Kier alpha value is -1.19. The topological polar surface area (TPSA) is 17.1 Å². The van der Waals surface area contributed by atoms with Crippen LogP contribution in [-0.2, 0) is 6.42 Å². The Bertz CT molecular complexity index is 640. The monoisotopic (exact) mass is 340 g/mol. The maximum Gasteiger partial charge on any atom is 0.167 e. The van der Waals surface area contributed by atoms with Crippen LogP contribution in [0.15, 0.2) is 40.9 Å². The van der Waals surface area contributed by atoms with Gasteiger partial charge < -0.3 is 0 Å². The minimum atomic E-state index is -0.332. The Morgan fingerprint density at radius 3 is 2.63 bits per heavy atom. The number of rotatable bonds is 3. The molecule has 0 amide bonds. The highest BCUT2D eigenvalue weighted by molar-refractivity contribution is 9.10. The number of hydrogen-bond acceptors (Lipinski definition) is 1. The SMILES string of the molecule is Cc1ccc(C(=O)Cc2ccc(F)cc2Br)cc1Cl. The molecule has 0 radical (unpaired) electrons. The summed E-state index contributed by atoms with van der Waals surface area (Å²) in [5, 5.41) is 0.573. The van der Waals surface area contributed by atoms with E-state index in [-0.39, 0.29) is 18.0 Å². The summed E-state index contributed by atoms with van der Waals surface area (Å²) in [6.07, 6.45) is 0.209. The van der Waals surface area contributed by atoms with Gasteiger partial charge in [0.1, 0.15) is 5.82 Å². The molecule has 0 atom stereocenters. The highest BCUT2D eigenvalue weighted by Gasteiger charge is 2.11. The van der Waals surface area contributed by atoms with Gasteiger partial charge in [-0.3, -0.25) is 4.79 Å². The van der Waals surface area contributed by atoms with Crippen LogP contribution >= 0.6 is 27.5 Å². The Morgan fingerprint density at radius 1 is 1.26 bits per heavy atom. The predicted octanol–water partition coefficient (Wildman–Crippen LogP) is 4.98. The molecule has 0 spiro atoms. The minimum Gasteiger partial charge on any atom is -0.294 e. The van der Waals surface area contributed by atoms with Crippen LogP contribution in [0.25, 0.3) is 0 Å². The summed E-state index contributed by atoms with van der Waals surface area (Å²) >= 11 is 9.26. The number of carbonyl (C=O) groups excluding carboxylic acids is 1. The maximum absolute atomic E-state index is 13.0. The molecule has 2 rings (SSSR count). The molecular weight excluding hydrogens is 331 g/mol. The van der Waals surface area contributed by atoms with Gasteiger partial charge in [0.15, 0.2) is 5.78 Å². The van der Waals surface area contributed by atoms with Gasteiger partial charge in [0.25, 0.3) is 0 Å². The molecule has 0 saturated carbocycles. The predicted molar refractivity (Wildman–Crippen MR) is 78.3 cm³/mol. The molecule has 0 aromatic heterocycles. The van der Waals surface area contributed by atoms with E-state index in [1.807, 2.05) is 13.0 Å². The fourth-order valence-electron chi connectivity index (χ4n) is 1.71. The first-order valence-corrected chi connectivity index (χ1v) is 6.88. The lowest BCUT2D eigenvalue weighted by atomic mass is 10.0. The second-order valence-corrected chi connectivity index (χ2v) is 5.56. The van der Waals surface area contributed by atoms with Crippen LogP contribution in [0.1, 0.15) is 21.5 Å². The summed E-state index contributed by atoms with van der Waals surface area (Å²) in [4.78, 5) is 12.1. The van der Waals surface area contributed by atoms with Crippen LogP contribution < -0.4 is 0 Å². The Balaban J connectivity index is 2.23. The van der Waals surface area contributed by atoms with Crippen molar-refractivity contribution in [3.05, 3.63) is 68.4 Å². The third-order valence-corrected chi connectivity index (χ3v) is 4.01. The lowest BCUT2D eigenvalue weighted by Crippen LogP contribution is -2.04. The first kappa shape index (κ1) is 14.2. The fraction of sp³-hybridized carbons (Fsp3) is 0.133. The van der Waals surface area contributed by atoms with Crippen molar-refractivity contribution in [2.45, 2.75) is 13.3 Å². The van der Waals surface area contributed by atoms with Crippen LogP contribution in [0.4, 0.5) is 4.39 Å². The molecule has 0 saturated heterocycles. The third-order valence-electron chi connectivity index (χ3n) is 2.86. The smallest absolute Gasteiger partial charge is 0.167 e. The number of aryl methyl sites for hydroxylation is 1. The minimum absolute atomic E-state index is 0.0470. The summed E-state index contributed by atoms with van der Waals surface area (Å²) < 4.78 is 13.6. The maximum atomic E-state index is 13.0. The van der Waals surface area contributed by atoms with Gasteiger partial charge >= 0.3 is 0 Å². The van der Waals surface area contributed by atoms with Crippen molar-refractivity contribution in [2.24, 2.45) is 0 Å². The van der Waals surface area contributed by atoms with Crippen molar-refractivity contribution < 1.29 is 9.18 Å². The van der Waals surface area contributed by atoms with Crippen molar-refractivity contribution in [1.29, 1.82) is 0 Å². The van der Waals surface area contributed by atoms with E-state index in [4.69, 9.17) is 11.6 Å². The van der Waals surface area contributed by atoms with Gasteiger partial charge in [0.2, 0.25) is 0 Å². The van der Waals surface area contributed by atoms with E-state index in [1.54, 1.807) is 18.2 Å². The molecular formula is C15H11BrClFO. The zero-order chi connectivity index (χ0) is 14.0. The van der Waals surface area contributed by atoms with Gasteiger partial charge in [-0.25, -0.2) is 4.39 Å². The Kier molecular flexibility index (Phi) is 4.38. The Morgan fingerprint density at radius 2 is 2.00 bits per heavy atom. The van der Waals surface area contributed by atoms with Gasteiger partial charge in [0, 0.05) is 21.5 Å². The molecule has 0 heterocycles. The molecule has 1 nitrogen and oxygen atoms in total. The number of hydrogen-bond donors (Lipinski definition) is 0. The number of benzene rings is 2. The Labute approximate surface area is 124 Å². The zero-order valence-corrected chi connectivity index (χ0v) is 12.6. The molecule has 2 aromatic rings. The summed E-state index contributed by atoms with van der Waals surface area (Å²) in [7, 11) is 0. The molecule has 0 bridgehead atoms. The van der Waals surface area contributed by atoms with Crippen molar-refractivity contribution in [2.75, 3.05) is 0 Å². The average Bonchev–Trinajstić information content (AvgIpc) is 2.36. The number of Topliss-reactive ketones (excluding diaryl/α,β-unsaturated/α-hetero) is 1. The van der Waals surface area contributed by atoms with Crippen LogP contribution in [0.5, 0.6) is 0 Å². The highest BCUT2D eigenvalue weighted by Crippen LogP contribution is 2.22. The fourth-order valence-corrected chi connectivity index (χ4v) is 2.38. The van der Waals surface area contributed by atoms with Gasteiger partial charge in [-0.2, -0.15) is 0 Å². The van der Waals surface area contributed by atoms with Gasteiger partial charge in [0.05, 0.1) is 0 Å². The number of carbonyl (C=O) groups is 1. The normalized spacial score (nSPS) is 10.5. The molecule has 0 unspecified atom stereocenters. The van der Waals surface area contributed by atoms with E-state index in [9.17, 15) is 9.18 Å². The van der Waals surface area contributed by atoms with Crippen molar-refractivity contribution in [3.63, 3.8) is 0 Å². The lowest BCUT2D eigenvalue weighted by molar-refractivity contribution is 0.0992. The molecule has 4 heteroatoms. The summed E-state index contributed by atoms with van der Waals surface area (Å²) in [6.45, 7) is 1.88. The van der Waals surface area contributed by atoms with Crippen molar-refractivity contribution in [1.82, 2.24) is 0 Å². The second-order valence-electron chi connectivity index (χ2n) is 4.30. The van der Waals surface area contributed by atoms with E-state index in [0.29, 0.717) is 15.1 Å². The van der Waals surface area contributed by atoms with E-state index in [1.165, 1.54) is 12.1 Å². The number of halogens is 3. The molecule has 0 N–H and O–H groups in total. The van der Waals surface area contributed by atoms with Crippen LogP contribution in [0, 0.1) is 12.7 Å². The van der Waals surface area contributed by atoms with E-state index >= 15 is 0 Å². The van der Waals surface area contributed by atoms with Gasteiger partial charge in [-0.05, 0) is 36.2 Å². The van der Waals surface area contributed by atoms with Gasteiger partial charge in [-0.1, -0.05) is 45.7 Å². The molecule has 19 heavy (non-hydrogen) atoms. The zero-order valence-electron chi connectivity index (χ0n) is 10.2. The molecule has 0 aliphatic rings. The quantitative estimate of drug-likeness (QED) is 0.720. The molecule has 0 aliphatic carbocycles. The summed E-state index contributed by atoms with van der Waals surface area (Å²) in [5.41, 5.74) is 2.25. The highest BCUT2D eigenvalue weighted by atomic mass is 79.9. The number of ketones is 1. The van der Waals surface area contributed by atoms with Crippen LogP contribution in [0.2, 0.25) is 5.02 Å². The molecule has 98 valence electrons. The van der Waals surface area contributed by atoms with E-state index < -0.39 is 0 Å². The molecule has 0 aliphatic heterocycles. The van der Waals surface area contributed by atoms with Crippen molar-refractivity contribution >= 4 is 33.3 Å². The van der Waals surface area contributed by atoms with Gasteiger partial charge in [-0.15, -0.1) is 0 Å². The van der Waals surface area contributed by atoms with E-state index in [0.717, 1.165) is 11.1 Å². The molecule has 0 fully saturated rings.